The molecule has 0 amide bonds. The van der Waals surface area contributed by atoms with Crippen LogP contribution in [0.2, 0.25) is 0 Å². The van der Waals surface area contributed by atoms with Crippen molar-refractivity contribution in [2.45, 2.75) is 10.2 Å². The van der Waals surface area contributed by atoms with Gasteiger partial charge in [-0.15, -0.1) is 11.8 Å². The van der Waals surface area contributed by atoms with E-state index >= 15 is 0 Å². The lowest BCUT2D eigenvalue weighted by atomic mass is 10.2. The van der Waals surface area contributed by atoms with E-state index in [1.807, 2.05) is 6.07 Å². The minimum absolute atomic E-state index is 0.838. The van der Waals surface area contributed by atoms with Gasteiger partial charge in [0.05, 0.1) is 7.11 Å². The molecule has 0 atom stereocenters. The molecule has 0 aromatic heterocycles. The number of thioether (sulfide) groups is 1. The van der Waals surface area contributed by atoms with Crippen LogP contribution in [0.25, 0.3) is 0 Å². The van der Waals surface area contributed by atoms with Crippen molar-refractivity contribution in [1.82, 2.24) is 0 Å². The van der Waals surface area contributed by atoms with E-state index in [0.29, 0.717) is 0 Å². The van der Waals surface area contributed by atoms with Crippen molar-refractivity contribution in [2.75, 3.05) is 13.4 Å². The Labute approximate surface area is 85.6 Å². The maximum absolute atomic E-state index is 5.20. The summed E-state index contributed by atoms with van der Waals surface area (Å²) >= 11 is 5.16. The summed E-state index contributed by atoms with van der Waals surface area (Å²) in [5.74, 6) is 0.949. The average Bonchev–Trinajstić information content (AvgIpc) is 2.16. The third-order valence-corrected chi connectivity index (χ3v) is 2.96. The average molecular weight is 247 g/mol. The van der Waals surface area contributed by atoms with E-state index in [-0.39, 0.29) is 0 Å². The Morgan fingerprint density at radius 2 is 2.25 bits per heavy atom. The van der Waals surface area contributed by atoms with Crippen LogP contribution in [0.1, 0.15) is 5.56 Å². The van der Waals surface area contributed by atoms with E-state index in [9.17, 15) is 0 Å². The van der Waals surface area contributed by atoms with Crippen molar-refractivity contribution in [3.63, 3.8) is 0 Å². The summed E-state index contributed by atoms with van der Waals surface area (Å²) in [6, 6.07) is 6.20. The van der Waals surface area contributed by atoms with Gasteiger partial charge in [0, 0.05) is 15.8 Å². The lowest BCUT2D eigenvalue weighted by molar-refractivity contribution is 0.411. The van der Waals surface area contributed by atoms with Crippen LogP contribution < -0.4 is 4.74 Å². The zero-order chi connectivity index (χ0) is 8.97. The van der Waals surface area contributed by atoms with Crippen molar-refractivity contribution in [2.24, 2.45) is 0 Å². The van der Waals surface area contributed by atoms with Gasteiger partial charge in [-0.2, -0.15) is 0 Å². The maximum atomic E-state index is 5.20. The van der Waals surface area contributed by atoms with E-state index in [1.54, 1.807) is 18.9 Å². The number of methoxy groups -OCH3 is 1. The molecule has 1 aromatic carbocycles. The third-order valence-electron chi connectivity index (χ3n) is 1.63. The minimum atomic E-state index is 0.838. The van der Waals surface area contributed by atoms with Gasteiger partial charge in [0.15, 0.2) is 0 Å². The molecule has 0 saturated heterocycles. The molecule has 12 heavy (non-hydrogen) atoms. The molecule has 3 heteroatoms. The molecule has 0 N–H and O–H groups in total. The number of benzene rings is 1. The van der Waals surface area contributed by atoms with E-state index in [2.05, 4.69) is 34.3 Å². The second-order valence-corrected chi connectivity index (χ2v) is 3.75. The largest absolute Gasteiger partial charge is 0.496 e. The molecule has 0 unspecified atom stereocenters. The minimum Gasteiger partial charge on any atom is -0.496 e. The summed E-state index contributed by atoms with van der Waals surface area (Å²) in [6.45, 7) is 0. The second kappa shape index (κ2) is 4.77. The normalized spacial score (nSPS) is 9.92. The summed E-state index contributed by atoms with van der Waals surface area (Å²) < 4.78 is 5.20. The molecule has 0 aliphatic carbocycles. The molecular weight excluding hydrogens is 236 g/mol. The Morgan fingerprint density at radius 3 is 2.75 bits per heavy atom. The first-order chi connectivity index (χ1) is 5.81. The van der Waals surface area contributed by atoms with Crippen LogP contribution >= 0.6 is 27.7 Å². The Bertz CT molecular complexity index is 263. The van der Waals surface area contributed by atoms with E-state index in [0.717, 1.165) is 11.1 Å². The fourth-order valence-electron chi connectivity index (χ4n) is 0.986. The van der Waals surface area contributed by atoms with E-state index in [4.69, 9.17) is 4.74 Å². The molecular formula is C9H11BrOS. The molecule has 0 aliphatic heterocycles. The zero-order valence-electron chi connectivity index (χ0n) is 7.13. The quantitative estimate of drug-likeness (QED) is 0.598. The maximum Gasteiger partial charge on any atom is 0.122 e. The van der Waals surface area contributed by atoms with E-state index in [1.165, 1.54) is 10.5 Å². The number of hydrogen-bond donors (Lipinski definition) is 0. The summed E-state index contributed by atoms with van der Waals surface area (Å²) in [7, 11) is 1.69. The second-order valence-electron chi connectivity index (χ2n) is 2.31. The Balaban J connectivity index is 3.02. The molecule has 0 saturated carbocycles. The molecule has 1 rings (SSSR count). The Hall–Kier alpha value is -0.150. The van der Waals surface area contributed by atoms with Crippen LogP contribution in [0.4, 0.5) is 0 Å². The molecule has 0 aliphatic rings. The van der Waals surface area contributed by atoms with Crippen molar-refractivity contribution < 1.29 is 4.74 Å². The lowest BCUT2D eigenvalue weighted by Crippen LogP contribution is -1.88. The van der Waals surface area contributed by atoms with Gasteiger partial charge >= 0.3 is 0 Å². The van der Waals surface area contributed by atoms with Gasteiger partial charge < -0.3 is 4.74 Å². The molecule has 0 spiro atoms. The van der Waals surface area contributed by atoms with Gasteiger partial charge in [-0.3, -0.25) is 0 Å². The summed E-state index contributed by atoms with van der Waals surface area (Å²) in [6.07, 6.45) is 2.07. The highest BCUT2D eigenvalue weighted by molar-refractivity contribution is 9.08. The molecule has 0 radical (unpaired) electrons. The Kier molecular flexibility index (Phi) is 3.95. The smallest absolute Gasteiger partial charge is 0.122 e. The van der Waals surface area contributed by atoms with Crippen molar-refractivity contribution in [3.8, 4) is 5.75 Å². The first kappa shape index (κ1) is 9.93. The number of hydrogen-bond acceptors (Lipinski definition) is 2. The van der Waals surface area contributed by atoms with Crippen molar-refractivity contribution in [1.29, 1.82) is 0 Å². The standard InChI is InChI=1S/C9H11BrOS/c1-11-9-4-3-8(12-2)5-7(9)6-10/h3-5H,6H2,1-2H3. The summed E-state index contributed by atoms with van der Waals surface area (Å²) in [5, 5.41) is 0.838. The molecule has 0 bridgehead atoms. The van der Waals surface area contributed by atoms with Crippen molar-refractivity contribution in [3.05, 3.63) is 23.8 Å². The van der Waals surface area contributed by atoms with Gasteiger partial charge in [-0.05, 0) is 24.5 Å². The van der Waals surface area contributed by atoms with E-state index < -0.39 is 0 Å². The molecule has 66 valence electrons. The molecule has 0 heterocycles. The SMILES string of the molecule is COc1ccc(SC)cc1CBr. The lowest BCUT2D eigenvalue weighted by Gasteiger charge is -2.06. The number of rotatable bonds is 3. The molecule has 0 fully saturated rings. The number of alkyl halides is 1. The monoisotopic (exact) mass is 246 g/mol. The van der Waals surface area contributed by atoms with Gasteiger partial charge in [0.2, 0.25) is 0 Å². The zero-order valence-corrected chi connectivity index (χ0v) is 9.54. The first-order valence-electron chi connectivity index (χ1n) is 3.58. The number of ether oxygens (including phenoxy) is 1. The predicted octanol–water partition coefficient (Wildman–Crippen LogP) is 3.31. The first-order valence-corrected chi connectivity index (χ1v) is 5.93. The molecule has 1 aromatic rings. The van der Waals surface area contributed by atoms with Gasteiger partial charge in [0.25, 0.3) is 0 Å². The highest BCUT2D eigenvalue weighted by atomic mass is 79.9. The highest BCUT2D eigenvalue weighted by Gasteiger charge is 2.01. The van der Waals surface area contributed by atoms with Crippen LogP contribution in [-0.4, -0.2) is 13.4 Å². The van der Waals surface area contributed by atoms with Crippen LogP contribution in [0, 0.1) is 0 Å². The predicted molar refractivity (Wildman–Crippen MR) is 57.4 cm³/mol. The van der Waals surface area contributed by atoms with Crippen LogP contribution in [0.5, 0.6) is 5.75 Å². The van der Waals surface area contributed by atoms with Crippen molar-refractivity contribution >= 4 is 27.7 Å². The highest BCUT2D eigenvalue weighted by Crippen LogP contribution is 2.26. The molecule has 1 nitrogen and oxygen atoms in total. The van der Waals surface area contributed by atoms with Gasteiger partial charge in [0.1, 0.15) is 5.75 Å². The topological polar surface area (TPSA) is 9.23 Å². The fraction of sp³-hybridized carbons (Fsp3) is 0.333. The van der Waals surface area contributed by atoms with Crippen LogP contribution in [0.3, 0.4) is 0 Å². The summed E-state index contributed by atoms with van der Waals surface area (Å²) in [5.41, 5.74) is 1.20. The van der Waals surface area contributed by atoms with Gasteiger partial charge in [-0.1, -0.05) is 15.9 Å². The fourth-order valence-corrected chi connectivity index (χ4v) is 1.89. The van der Waals surface area contributed by atoms with Crippen LogP contribution in [0.15, 0.2) is 23.1 Å². The number of halogens is 1. The summed E-state index contributed by atoms with van der Waals surface area (Å²) in [4.78, 5) is 1.27. The van der Waals surface area contributed by atoms with Crippen LogP contribution in [-0.2, 0) is 5.33 Å². The Morgan fingerprint density at radius 1 is 1.50 bits per heavy atom. The third kappa shape index (κ3) is 2.17. The van der Waals surface area contributed by atoms with Gasteiger partial charge in [-0.25, -0.2) is 0 Å².